The Morgan fingerprint density at radius 2 is 2.00 bits per heavy atom. The summed E-state index contributed by atoms with van der Waals surface area (Å²) >= 11 is 0. The van der Waals surface area contributed by atoms with Crippen molar-refractivity contribution in [2.45, 2.75) is 26.4 Å². The molecule has 0 saturated heterocycles. The van der Waals surface area contributed by atoms with Gasteiger partial charge in [-0.15, -0.1) is 0 Å². The SMILES string of the molecule is CC/C=C/CC(=O)OCc1ccccc1. The maximum Gasteiger partial charge on any atom is 0.309 e. The second kappa shape index (κ2) is 6.82. The van der Waals surface area contributed by atoms with Crippen molar-refractivity contribution in [3.05, 3.63) is 48.0 Å². The monoisotopic (exact) mass is 204 g/mol. The van der Waals surface area contributed by atoms with E-state index in [0.29, 0.717) is 13.0 Å². The van der Waals surface area contributed by atoms with E-state index in [2.05, 4.69) is 0 Å². The van der Waals surface area contributed by atoms with Gasteiger partial charge in [0.15, 0.2) is 0 Å². The van der Waals surface area contributed by atoms with E-state index >= 15 is 0 Å². The van der Waals surface area contributed by atoms with Crippen LogP contribution in [0.5, 0.6) is 0 Å². The average molecular weight is 204 g/mol. The molecular weight excluding hydrogens is 188 g/mol. The summed E-state index contributed by atoms with van der Waals surface area (Å²) in [5.74, 6) is -0.177. The molecule has 0 saturated carbocycles. The highest BCUT2D eigenvalue weighted by molar-refractivity contribution is 5.71. The Labute approximate surface area is 90.6 Å². The zero-order valence-electron chi connectivity index (χ0n) is 8.98. The highest BCUT2D eigenvalue weighted by Crippen LogP contribution is 2.01. The lowest BCUT2D eigenvalue weighted by Crippen LogP contribution is -2.02. The van der Waals surface area contributed by atoms with Crippen LogP contribution in [0.1, 0.15) is 25.3 Å². The van der Waals surface area contributed by atoms with E-state index in [-0.39, 0.29) is 5.97 Å². The normalized spacial score (nSPS) is 10.5. The lowest BCUT2D eigenvalue weighted by atomic mass is 10.2. The van der Waals surface area contributed by atoms with Gasteiger partial charge in [-0.2, -0.15) is 0 Å². The third kappa shape index (κ3) is 5.01. The van der Waals surface area contributed by atoms with Gasteiger partial charge in [-0.1, -0.05) is 49.4 Å². The zero-order chi connectivity index (χ0) is 10.9. The Morgan fingerprint density at radius 1 is 1.27 bits per heavy atom. The molecular formula is C13H16O2. The Morgan fingerprint density at radius 3 is 2.67 bits per heavy atom. The summed E-state index contributed by atoms with van der Waals surface area (Å²) in [5, 5.41) is 0. The quantitative estimate of drug-likeness (QED) is 0.544. The molecule has 0 atom stereocenters. The molecule has 0 N–H and O–H groups in total. The summed E-state index contributed by atoms with van der Waals surface area (Å²) in [6.45, 7) is 2.39. The molecule has 0 unspecified atom stereocenters. The fourth-order valence-corrected chi connectivity index (χ4v) is 1.14. The average Bonchev–Trinajstić information content (AvgIpc) is 2.28. The third-order valence-electron chi connectivity index (χ3n) is 1.93. The number of allylic oxidation sites excluding steroid dienone is 1. The van der Waals surface area contributed by atoms with E-state index in [4.69, 9.17) is 4.74 Å². The lowest BCUT2D eigenvalue weighted by molar-refractivity contribution is -0.143. The number of ether oxygens (including phenoxy) is 1. The number of carbonyl (C=O) groups excluding carboxylic acids is 1. The van der Waals surface area contributed by atoms with E-state index < -0.39 is 0 Å². The van der Waals surface area contributed by atoms with Crippen LogP contribution >= 0.6 is 0 Å². The van der Waals surface area contributed by atoms with Crippen molar-refractivity contribution in [3.8, 4) is 0 Å². The van der Waals surface area contributed by atoms with Crippen LogP contribution in [-0.4, -0.2) is 5.97 Å². The van der Waals surface area contributed by atoms with Gasteiger partial charge < -0.3 is 4.74 Å². The van der Waals surface area contributed by atoms with Crippen LogP contribution in [0.3, 0.4) is 0 Å². The zero-order valence-corrected chi connectivity index (χ0v) is 8.98. The van der Waals surface area contributed by atoms with E-state index in [1.807, 2.05) is 49.4 Å². The molecule has 1 aromatic rings. The van der Waals surface area contributed by atoms with Crippen LogP contribution in [0.4, 0.5) is 0 Å². The topological polar surface area (TPSA) is 26.3 Å². The van der Waals surface area contributed by atoms with Crippen molar-refractivity contribution >= 4 is 5.97 Å². The van der Waals surface area contributed by atoms with Crippen molar-refractivity contribution in [2.75, 3.05) is 0 Å². The number of carbonyl (C=O) groups is 1. The first-order chi connectivity index (χ1) is 7.33. The lowest BCUT2D eigenvalue weighted by Gasteiger charge is -2.02. The smallest absolute Gasteiger partial charge is 0.309 e. The molecule has 15 heavy (non-hydrogen) atoms. The standard InChI is InChI=1S/C13H16O2/c1-2-3-5-10-13(14)15-11-12-8-6-4-7-9-12/h3-9H,2,10-11H2,1H3/b5-3+. The molecule has 0 spiro atoms. The van der Waals surface area contributed by atoms with Crippen molar-refractivity contribution in [2.24, 2.45) is 0 Å². The van der Waals surface area contributed by atoms with Crippen molar-refractivity contribution in [1.82, 2.24) is 0 Å². The summed E-state index contributed by atoms with van der Waals surface area (Å²) in [7, 11) is 0. The van der Waals surface area contributed by atoms with Gasteiger partial charge in [-0.25, -0.2) is 0 Å². The number of hydrogen-bond acceptors (Lipinski definition) is 2. The van der Waals surface area contributed by atoms with Crippen LogP contribution < -0.4 is 0 Å². The molecule has 2 heteroatoms. The fourth-order valence-electron chi connectivity index (χ4n) is 1.14. The highest BCUT2D eigenvalue weighted by Gasteiger charge is 1.99. The van der Waals surface area contributed by atoms with Crippen LogP contribution in [0.15, 0.2) is 42.5 Å². The summed E-state index contributed by atoms with van der Waals surface area (Å²) in [4.78, 5) is 11.2. The van der Waals surface area contributed by atoms with Crippen molar-refractivity contribution in [3.63, 3.8) is 0 Å². The number of rotatable bonds is 5. The number of benzene rings is 1. The number of esters is 1. The molecule has 80 valence electrons. The minimum Gasteiger partial charge on any atom is -0.461 e. The predicted molar refractivity (Wildman–Crippen MR) is 60.3 cm³/mol. The van der Waals surface area contributed by atoms with E-state index in [0.717, 1.165) is 12.0 Å². The molecule has 0 fully saturated rings. The van der Waals surface area contributed by atoms with Gasteiger partial charge in [-0.3, -0.25) is 4.79 Å². The number of hydrogen-bond donors (Lipinski definition) is 0. The van der Waals surface area contributed by atoms with Crippen LogP contribution in [0.25, 0.3) is 0 Å². The van der Waals surface area contributed by atoms with Crippen LogP contribution in [0, 0.1) is 0 Å². The first-order valence-corrected chi connectivity index (χ1v) is 5.17. The van der Waals surface area contributed by atoms with Crippen LogP contribution in [-0.2, 0) is 16.1 Å². The minimum atomic E-state index is -0.177. The van der Waals surface area contributed by atoms with Gasteiger partial charge in [0.1, 0.15) is 6.61 Å². The minimum absolute atomic E-state index is 0.177. The third-order valence-corrected chi connectivity index (χ3v) is 1.93. The summed E-state index contributed by atoms with van der Waals surface area (Å²) in [5.41, 5.74) is 1.02. The van der Waals surface area contributed by atoms with Gasteiger partial charge >= 0.3 is 5.97 Å². The molecule has 0 aromatic heterocycles. The van der Waals surface area contributed by atoms with Crippen molar-refractivity contribution < 1.29 is 9.53 Å². The largest absolute Gasteiger partial charge is 0.461 e. The van der Waals surface area contributed by atoms with Gasteiger partial charge in [0.2, 0.25) is 0 Å². The molecule has 0 bridgehead atoms. The summed E-state index contributed by atoms with van der Waals surface area (Å²) in [6, 6.07) is 9.68. The van der Waals surface area contributed by atoms with E-state index in [9.17, 15) is 4.79 Å². The van der Waals surface area contributed by atoms with E-state index in [1.165, 1.54) is 0 Å². The van der Waals surface area contributed by atoms with Gasteiger partial charge in [-0.05, 0) is 12.0 Å². The van der Waals surface area contributed by atoms with E-state index in [1.54, 1.807) is 0 Å². The fraction of sp³-hybridized carbons (Fsp3) is 0.308. The molecule has 0 radical (unpaired) electrons. The molecule has 1 aromatic carbocycles. The molecule has 0 heterocycles. The maximum absolute atomic E-state index is 11.2. The first kappa shape index (κ1) is 11.5. The Kier molecular flexibility index (Phi) is 5.23. The molecule has 0 aliphatic rings. The Balaban J connectivity index is 2.26. The predicted octanol–water partition coefficient (Wildman–Crippen LogP) is 3.09. The first-order valence-electron chi connectivity index (χ1n) is 5.17. The Bertz CT molecular complexity index is 315. The van der Waals surface area contributed by atoms with Gasteiger partial charge in [0.25, 0.3) is 0 Å². The van der Waals surface area contributed by atoms with Gasteiger partial charge in [0, 0.05) is 0 Å². The Hall–Kier alpha value is -1.57. The highest BCUT2D eigenvalue weighted by atomic mass is 16.5. The summed E-state index contributed by atoms with van der Waals surface area (Å²) < 4.78 is 5.08. The van der Waals surface area contributed by atoms with Crippen molar-refractivity contribution in [1.29, 1.82) is 0 Å². The summed E-state index contributed by atoms with van der Waals surface area (Å²) in [6.07, 6.45) is 5.11. The molecule has 1 rings (SSSR count). The molecule has 2 nitrogen and oxygen atoms in total. The second-order valence-electron chi connectivity index (χ2n) is 3.23. The molecule has 0 amide bonds. The second-order valence-corrected chi connectivity index (χ2v) is 3.23. The maximum atomic E-state index is 11.2. The van der Waals surface area contributed by atoms with Crippen LogP contribution in [0.2, 0.25) is 0 Å². The molecule has 0 aliphatic carbocycles. The van der Waals surface area contributed by atoms with Gasteiger partial charge in [0.05, 0.1) is 6.42 Å². The molecule has 0 aliphatic heterocycles.